The van der Waals surface area contributed by atoms with Crippen LogP contribution in [-0.4, -0.2) is 149 Å². The maximum absolute atomic E-state index is 14.2. The molecular formula is C47H87N13O13. The van der Waals surface area contributed by atoms with Crippen LogP contribution in [0, 0.1) is 17.8 Å². The number of rotatable bonds is 38. The lowest BCUT2D eigenvalue weighted by Gasteiger charge is -2.30. The molecule has 12 atom stereocenters. The average molecular weight is 1040 g/mol. The molecule has 0 unspecified atom stereocenters. The predicted molar refractivity (Wildman–Crippen MR) is 269 cm³/mol. The number of carboxylic acid groups (broad SMARTS) is 1. The Morgan fingerprint density at radius 2 is 0.767 bits per heavy atom. The Hall–Kier alpha value is -5.99. The van der Waals surface area contributed by atoms with Crippen LogP contribution in [0.4, 0.5) is 0 Å². The Balaban J connectivity index is 6.82. The van der Waals surface area contributed by atoms with Crippen LogP contribution in [-0.2, 0) is 52.7 Å². The van der Waals surface area contributed by atoms with E-state index in [2.05, 4.69) is 42.5 Å². The lowest BCUT2D eigenvalue weighted by atomic mass is 9.96. The van der Waals surface area contributed by atoms with Crippen molar-refractivity contribution in [3.8, 4) is 0 Å². The van der Waals surface area contributed by atoms with E-state index in [9.17, 15) is 63.0 Å². The van der Waals surface area contributed by atoms with Gasteiger partial charge in [-0.2, -0.15) is 0 Å². The van der Waals surface area contributed by atoms with Crippen molar-refractivity contribution in [2.75, 3.05) is 13.1 Å². The highest BCUT2D eigenvalue weighted by Gasteiger charge is 2.37. The van der Waals surface area contributed by atoms with Crippen LogP contribution in [0.3, 0.4) is 0 Å². The average Bonchev–Trinajstić information content (AvgIpc) is 3.31. The highest BCUT2D eigenvalue weighted by atomic mass is 16.4. The van der Waals surface area contributed by atoms with Crippen molar-refractivity contribution in [1.82, 2.24) is 42.5 Å². The van der Waals surface area contributed by atoms with Gasteiger partial charge in [0.2, 0.25) is 59.1 Å². The zero-order valence-electron chi connectivity index (χ0n) is 43.9. The molecule has 73 heavy (non-hydrogen) atoms. The predicted octanol–water partition coefficient (Wildman–Crippen LogP) is -3.40. The summed E-state index contributed by atoms with van der Waals surface area (Å²) < 4.78 is 0. The number of carbonyl (C=O) groups is 11. The van der Waals surface area contributed by atoms with Crippen LogP contribution in [0.25, 0.3) is 0 Å². The molecule has 418 valence electrons. The third kappa shape index (κ3) is 26.0. The second-order valence-electron chi connectivity index (χ2n) is 19.1. The minimum atomic E-state index is -1.71. The molecule has 0 radical (unpaired) electrons. The normalized spacial score (nSPS) is 16.2. The third-order valence-corrected chi connectivity index (χ3v) is 12.2. The number of hydrogen-bond acceptors (Lipinski definition) is 15. The first-order valence-corrected chi connectivity index (χ1v) is 25.2. The van der Waals surface area contributed by atoms with Crippen molar-refractivity contribution in [3.05, 3.63) is 0 Å². The van der Waals surface area contributed by atoms with Crippen LogP contribution in [0.1, 0.15) is 139 Å². The number of unbranched alkanes of at least 4 members (excludes halogenated alkanes) is 2. The van der Waals surface area contributed by atoms with E-state index in [0.29, 0.717) is 25.7 Å². The fraction of sp³-hybridized carbons (Fsp3) is 0.766. The minimum absolute atomic E-state index is 0.0326. The molecule has 0 aromatic rings. The number of aliphatic hydroxyl groups excluding tert-OH is 1. The Labute approximate surface area is 428 Å². The molecule has 0 aliphatic heterocycles. The quantitative estimate of drug-likeness (QED) is 0.0268. The molecule has 20 N–H and O–H groups in total. The van der Waals surface area contributed by atoms with E-state index < -0.39 is 144 Å². The largest absolute Gasteiger partial charge is 0.480 e. The molecular weight excluding hydrogens is 955 g/mol. The van der Waals surface area contributed by atoms with E-state index in [0.717, 1.165) is 0 Å². The number of carboxylic acids is 1. The molecule has 10 amide bonds. The van der Waals surface area contributed by atoms with E-state index >= 15 is 0 Å². The number of amides is 10. The Bertz CT molecular complexity index is 1840. The van der Waals surface area contributed by atoms with Gasteiger partial charge in [-0.05, 0) is 102 Å². The number of nitrogens with two attached hydrogens (primary N) is 5. The lowest BCUT2D eigenvalue weighted by Crippen LogP contribution is -2.62. The molecule has 0 saturated heterocycles. The van der Waals surface area contributed by atoms with Gasteiger partial charge in [0.1, 0.15) is 48.3 Å². The molecule has 0 bridgehead atoms. The molecule has 0 fully saturated rings. The van der Waals surface area contributed by atoms with E-state index in [-0.39, 0.29) is 70.4 Å². The zero-order valence-corrected chi connectivity index (χ0v) is 43.9. The van der Waals surface area contributed by atoms with Crippen molar-refractivity contribution < 1.29 is 63.0 Å². The summed E-state index contributed by atoms with van der Waals surface area (Å²) in [4.78, 5) is 145. The first-order valence-electron chi connectivity index (χ1n) is 25.2. The summed E-state index contributed by atoms with van der Waals surface area (Å²) in [5.74, 6) is -11.2. The Kier molecular flexibility index (Phi) is 32.3. The van der Waals surface area contributed by atoms with Crippen LogP contribution >= 0.6 is 0 Å². The van der Waals surface area contributed by atoms with Gasteiger partial charge >= 0.3 is 5.97 Å². The molecule has 0 spiro atoms. The number of nitrogens with one attached hydrogen (secondary N) is 8. The van der Waals surface area contributed by atoms with Gasteiger partial charge in [-0.1, -0.05) is 54.4 Å². The second-order valence-corrected chi connectivity index (χ2v) is 19.1. The van der Waals surface area contributed by atoms with Gasteiger partial charge in [-0.15, -0.1) is 0 Å². The van der Waals surface area contributed by atoms with Crippen LogP contribution < -0.4 is 71.2 Å². The maximum Gasteiger partial charge on any atom is 0.326 e. The number of primary amides is 2. The third-order valence-electron chi connectivity index (χ3n) is 12.2. The monoisotopic (exact) mass is 1040 g/mol. The number of aliphatic carboxylic acids is 1. The van der Waals surface area contributed by atoms with E-state index in [4.69, 9.17) is 28.7 Å². The fourth-order valence-corrected chi connectivity index (χ4v) is 7.26. The number of carbonyl (C=O) groups excluding carboxylic acids is 10. The Morgan fingerprint density at radius 1 is 0.438 bits per heavy atom. The maximum atomic E-state index is 14.2. The fourth-order valence-electron chi connectivity index (χ4n) is 7.26. The smallest absolute Gasteiger partial charge is 0.326 e. The molecule has 26 nitrogen and oxygen atoms in total. The number of aliphatic hydroxyl groups is 1. The van der Waals surface area contributed by atoms with Gasteiger partial charge in [0.15, 0.2) is 0 Å². The van der Waals surface area contributed by atoms with Crippen molar-refractivity contribution in [2.24, 2.45) is 46.4 Å². The standard InChI is InChI=1S/C47H87N13O13/c1-9-25(5)36(45(70)60-38(28(8)61)46(71)56-30(16-12-14-22-49)42(67)59-37(47(72)73)26(6)10-2)58-43(68)32(18-20-35(52)63)54-40(65)29(15-11-13-21-48)53-41(66)31(17-19-34(51)62)55-44(69)33(23-24(3)4)57-39(64)27(7)50/h24-33,36-38,61H,9-23,48-50H2,1-8H3,(H2,51,62)(H2,52,63)(H,53,66)(H,54,65)(H,55,69)(H,56,71)(H,57,64)(H,58,68)(H,59,67)(H,60,70)(H,72,73)/t25-,26-,27-,28+,29-,30-,31-,32-,33-,36-,37-,38-/m0/s1. The molecule has 0 heterocycles. The summed E-state index contributed by atoms with van der Waals surface area (Å²) in [6, 6.07) is -12.3. The van der Waals surface area contributed by atoms with Gasteiger partial charge in [0.25, 0.3) is 0 Å². The second kappa shape index (κ2) is 35.2. The van der Waals surface area contributed by atoms with Gasteiger partial charge in [-0.3, -0.25) is 47.9 Å². The van der Waals surface area contributed by atoms with Crippen molar-refractivity contribution in [2.45, 2.75) is 199 Å². The van der Waals surface area contributed by atoms with E-state index in [1.54, 1.807) is 41.5 Å². The van der Waals surface area contributed by atoms with Gasteiger partial charge in [0.05, 0.1) is 12.1 Å². The molecule has 0 saturated carbocycles. The molecule has 0 aliphatic rings. The highest BCUT2D eigenvalue weighted by Crippen LogP contribution is 2.14. The van der Waals surface area contributed by atoms with E-state index in [1.165, 1.54) is 13.8 Å². The molecule has 0 aromatic carbocycles. The first-order chi connectivity index (χ1) is 34.1. The Morgan fingerprint density at radius 3 is 1.12 bits per heavy atom. The topological polar surface area (TPSA) is 455 Å². The van der Waals surface area contributed by atoms with Crippen molar-refractivity contribution in [3.63, 3.8) is 0 Å². The van der Waals surface area contributed by atoms with Crippen LogP contribution in [0.5, 0.6) is 0 Å². The summed E-state index contributed by atoms with van der Waals surface area (Å²) in [5, 5.41) is 40.7. The summed E-state index contributed by atoms with van der Waals surface area (Å²) in [6.45, 7) is 13.4. The summed E-state index contributed by atoms with van der Waals surface area (Å²) >= 11 is 0. The van der Waals surface area contributed by atoms with Crippen molar-refractivity contribution in [1.29, 1.82) is 0 Å². The molecule has 0 aromatic heterocycles. The van der Waals surface area contributed by atoms with Gasteiger partial charge < -0.3 is 81.4 Å². The SMILES string of the molecule is CC[C@H](C)[C@H](NC(=O)[C@H](CCCCN)NC(=O)[C@@H](NC(=O)[C@@H](NC(=O)[C@H](CCC(N)=O)NC(=O)[C@H](CCCCN)NC(=O)[C@H](CCC(N)=O)NC(=O)[C@H](CC(C)C)NC(=O)[C@H](C)N)[C@@H](C)CC)[C@@H](C)O)C(=O)O. The summed E-state index contributed by atoms with van der Waals surface area (Å²) in [7, 11) is 0. The van der Waals surface area contributed by atoms with E-state index in [1.807, 2.05) is 0 Å². The van der Waals surface area contributed by atoms with Crippen LogP contribution in [0.15, 0.2) is 0 Å². The summed E-state index contributed by atoms with van der Waals surface area (Å²) in [5.41, 5.74) is 27.9. The van der Waals surface area contributed by atoms with Gasteiger partial charge in [-0.25, -0.2) is 4.79 Å². The minimum Gasteiger partial charge on any atom is -0.480 e. The molecule has 26 heteroatoms. The summed E-state index contributed by atoms with van der Waals surface area (Å²) in [6.07, 6.45) is -0.774. The van der Waals surface area contributed by atoms with Gasteiger partial charge in [0, 0.05) is 12.8 Å². The van der Waals surface area contributed by atoms with Crippen molar-refractivity contribution >= 4 is 65.0 Å². The lowest BCUT2D eigenvalue weighted by molar-refractivity contribution is -0.144. The molecule has 0 rings (SSSR count). The first kappa shape index (κ1) is 67.0. The number of hydrogen-bond donors (Lipinski definition) is 15. The zero-order chi connectivity index (χ0) is 56.1. The highest BCUT2D eigenvalue weighted by molar-refractivity contribution is 5.98. The van der Waals surface area contributed by atoms with Crippen LogP contribution in [0.2, 0.25) is 0 Å². The molecule has 0 aliphatic carbocycles.